The molecule has 0 aliphatic rings. The van der Waals surface area contributed by atoms with E-state index in [2.05, 4.69) is 21.2 Å². The second kappa shape index (κ2) is 5.36. The molecule has 0 atom stereocenters. The third-order valence-corrected chi connectivity index (χ3v) is 3.04. The monoisotopic (exact) mass is 327 g/mol. The minimum atomic E-state index is -1.25. The molecule has 2 aromatic rings. The maximum Gasteiger partial charge on any atom is 0.337 e. The summed E-state index contributed by atoms with van der Waals surface area (Å²) in [6.07, 6.45) is 0. The normalized spacial score (nSPS) is 10.3. The molecule has 0 fully saturated rings. The summed E-state index contributed by atoms with van der Waals surface area (Å²) in [7, 11) is 0. The van der Waals surface area contributed by atoms with Gasteiger partial charge in [-0.25, -0.2) is 13.6 Å². The number of nitrogens with one attached hydrogen (secondary N) is 1. The molecule has 98 valence electrons. The zero-order valence-electron chi connectivity index (χ0n) is 9.45. The number of rotatable bonds is 3. The average molecular weight is 328 g/mol. The van der Waals surface area contributed by atoms with Crippen LogP contribution in [0.5, 0.6) is 0 Å². The fraction of sp³-hybridized carbons (Fsp3) is 0. The molecule has 19 heavy (non-hydrogen) atoms. The van der Waals surface area contributed by atoms with Gasteiger partial charge in [-0.2, -0.15) is 0 Å². The average Bonchev–Trinajstić information content (AvgIpc) is 2.36. The van der Waals surface area contributed by atoms with E-state index in [9.17, 15) is 13.6 Å². The SMILES string of the molecule is O=C(O)c1cccc(F)c1Nc1ccc(F)c(Br)c1. The Morgan fingerprint density at radius 3 is 2.53 bits per heavy atom. The highest BCUT2D eigenvalue weighted by Gasteiger charge is 2.14. The van der Waals surface area contributed by atoms with Crippen LogP contribution in [0.4, 0.5) is 20.2 Å². The molecule has 3 nitrogen and oxygen atoms in total. The molecule has 2 N–H and O–H groups in total. The van der Waals surface area contributed by atoms with Crippen molar-refractivity contribution >= 4 is 33.3 Å². The van der Waals surface area contributed by atoms with E-state index in [1.165, 1.54) is 30.3 Å². The fourth-order valence-electron chi connectivity index (χ4n) is 1.55. The van der Waals surface area contributed by atoms with Gasteiger partial charge in [0, 0.05) is 5.69 Å². The number of aromatic carboxylic acids is 1. The van der Waals surface area contributed by atoms with Gasteiger partial charge in [-0.05, 0) is 46.3 Å². The van der Waals surface area contributed by atoms with Crippen molar-refractivity contribution in [2.24, 2.45) is 0 Å². The van der Waals surface area contributed by atoms with Crippen LogP contribution in [0.15, 0.2) is 40.9 Å². The van der Waals surface area contributed by atoms with Gasteiger partial charge in [0.05, 0.1) is 15.7 Å². The minimum absolute atomic E-state index is 0.159. The van der Waals surface area contributed by atoms with Crippen molar-refractivity contribution in [2.75, 3.05) is 5.32 Å². The number of hydrogen-bond donors (Lipinski definition) is 2. The van der Waals surface area contributed by atoms with Gasteiger partial charge >= 0.3 is 5.97 Å². The van der Waals surface area contributed by atoms with Crippen LogP contribution in [-0.2, 0) is 0 Å². The lowest BCUT2D eigenvalue weighted by Crippen LogP contribution is -2.04. The second-order valence-corrected chi connectivity index (χ2v) is 4.58. The summed E-state index contributed by atoms with van der Waals surface area (Å²) >= 11 is 3.00. The number of carboxylic acids is 1. The highest BCUT2D eigenvalue weighted by molar-refractivity contribution is 9.10. The Morgan fingerprint density at radius 1 is 1.16 bits per heavy atom. The number of carboxylic acid groups (broad SMARTS) is 1. The molecular formula is C13H8BrF2NO2. The van der Waals surface area contributed by atoms with Crippen molar-refractivity contribution in [1.29, 1.82) is 0 Å². The molecule has 0 aromatic heterocycles. The van der Waals surface area contributed by atoms with Crippen molar-refractivity contribution in [1.82, 2.24) is 0 Å². The van der Waals surface area contributed by atoms with Crippen LogP contribution in [0.3, 0.4) is 0 Å². The lowest BCUT2D eigenvalue weighted by atomic mass is 10.1. The van der Waals surface area contributed by atoms with Gasteiger partial charge in [0.2, 0.25) is 0 Å². The van der Waals surface area contributed by atoms with E-state index in [1.54, 1.807) is 0 Å². The summed E-state index contributed by atoms with van der Waals surface area (Å²) in [5.41, 5.74) is 0.0230. The molecule has 0 unspecified atom stereocenters. The second-order valence-electron chi connectivity index (χ2n) is 3.72. The first kappa shape index (κ1) is 13.5. The first-order valence-electron chi connectivity index (χ1n) is 5.23. The van der Waals surface area contributed by atoms with Crippen LogP contribution < -0.4 is 5.32 Å². The highest BCUT2D eigenvalue weighted by Crippen LogP contribution is 2.27. The predicted octanol–water partition coefficient (Wildman–Crippen LogP) is 4.17. The Labute approximate surface area is 116 Å². The zero-order valence-corrected chi connectivity index (χ0v) is 11.0. The molecule has 6 heteroatoms. The fourth-order valence-corrected chi connectivity index (χ4v) is 1.93. The molecule has 0 saturated heterocycles. The lowest BCUT2D eigenvalue weighted by molar-refractivity contribution is 0.0697. The Morgan fingerprint density at radius 2 is 1.89 bits per heavy atom. The third kappa shape index (κ3) is 2.90. The standard InChI is InChI=1S/C13H8BrF2NO2/c14-9-6-7(4-5-10(9)15)17-12-8(13(18)19)2-1-3-11(12)16/h1-6,17H,(H,18,19). The zero-order chi connectivity index (χ0) is 14.0. The van der Waals surface area contributed by atoms with E-state index < -0.39 is 17.6 Å². The first-order valence-corrected chi connectivity index (χ1v) is 6.02. The summed E-state index contributed by atoms with van der Waals surface area (Å²) < 4.78 is 26.9. The molecule has 0 saturated carbocycles. The molecule has 2 aromatic carbocycles. The summed E-state index contributed by atoms with van der Waals surface area (Å²) in [5.74, 6) is -2.40. The van der Waals surface area contributed by atoms with Gasteiger partial charge in [0.25, 0.3) is 0 Å². The summed E-state index contributed by atoms with van der Waals surface area (Å²) in [6, 6.07) is 7.71. The first-order chi connectivity index (χ1) is 8.99. The number of carbonyl (C=O) groups is 1. The van der Waals surface area contributed by atoms with Crippen LogP contribution in [0.1, 0.15) is 10.4 Å². The quantitative estimate of drug-likeness (QED) is 0.889. The van der Waals surface area contributed by atoms with Crippen molar-refractivity contribution in [3.8, 4) is 0 Å². The van der Waals surface area contributed by atoms with Gasteiger partial charge in [-0.3, -0.25) is 0 Å². The molecular weight excluding hydrogens is 320 g/mol. The molecule has 0 amide bonds. The lowest BCUT2D eigenvalue weighted by Gasteiger charge is -2.11. The molecule has 2 rings (SSSR count). The molecule has 0 aliphatic carbocycles. The molecule has 0 aliphatic heterocycles. The smallest absolute Gasteiger partial charge is 0.337 e. The van der Waals surface area contributed by atoms with Gasteiger partial charge in [0.1, 0.15) is 11.6 Å². The van der Waals surface area contributed by atoms with Crippen LogP contribution >= 0.6 is 15.9 Å². The van der Waals surface area contributed by atoms with E-state index >= 15 is 0 Å². The Balaban J connectivity index is 2.42. The van der Waals surface area contributed by atoms with Gasteiger partial charge in [0.15, 0.2) is 0 Å². The van der Waals surface area contributed by atoms with E-state index in [0.29, 0.717) is 5.69 Å². The van der Waals surface area contributed by atoms with Gasteiger partial charge in [-0.1, -0.05) is 6.07 Å². The summed E-state index contributed by atoms with van der Waals surface area (Å²) in [5, 5.41) is 11.6. The van der Waals surface area contributed by atoms with E-state index in [0.717, 1.165) is 6.07 Å². The minimum Gasteiger partial charge on any atom is -0.478 e. The van der Waals surface area contributed by atoms with E-state index in [-0.39, 0.29) is 15.7 Å². The number of para-hydroxylation sites is 1. The number of hydrogen-bond acceptors (Lipinski definition) is 2. The van der Waals surface area contributed by atoms with Crippen molar-refractivity contribution in [2.45, 2.75) is 0 Å². The number of halogens is 3. The van der Waals surface area contributed by atoms with Crippen molar-refractivity contribution in [3.05, 3.63) is 58.1 Å². The van der Waals surface area contributed by atoms with Crippen molar-refractivity contribution in [3.63, 3.8) is 0 Å². The molecule has 0 bridgehead atoms. The molecule has 0 radical (unpaired) electrons. The molecule has 0 spiro atoms. The van der Waals surface area contributed by atoms with E-state index in [4.69, 9.17) is 5.11 Å². The number of anilines is 2. The number of benzene rings is 2. The van der Waals surface area contributed by atoms with Crippen LogP contribution in [-0.4, -0.2) is 11.1 Å². The van der Waals surface area contributed by atoms with Crippen LogP contribution in [0.25, 0.3) is 0 Å². The summed E-state index contributed by atoms with van der Waals surface area (Å²) in [6.45, 7) is 0. The van der Waals surface area contributed by atoms with Crippen molar-refractivity contribution < 1.29 is 18.7 Å². The van der Waals surface area contributed by atoms with Gasteiger partial charge in [-0.15, -0.1) is 0 Å². The maximum atomic E-state index is 13.7. The van der Waals surface area contributed by atoms with E-state index in [1.807, 2.05) is 0 Å². The maximum absolute atomic E-state index is 13.7. The van der Waals surface area contributed by atoms with Gasteiger partial charge < -0.3 is 10.4 Å². The topological polar surface area (TPSA) is 49.3 Å². The Hall–Kier alpha value is -1.95. The Bertz CT molecular complexity index is 647. The van der Waals surface area contributed by atoms with Crippen LogP contribution in [0.2, 0.25) is 0 Å². The summed E-state index contributed by atoms with van der Waals surface area (Å²) in [4.78, 5) is 11.0. The van der Waals surface area contributed by atoms with Crippen LogP contribution in [0, 0.1) is 11.6 Å². The molecule has 0 heterocycles. The predicted molar refractivity (Wildman–Crippen MR) is 70.7 cm³/mol. The third-order valence-electron chi connectivity index (χ3n) is 2.43. The Kier molecular flexibility index (Phi) is 3.80. The largest absolute Gasteiger partial charge is 0.478 e. The highest BCUT2D eigenvalue weighted by atomic mass is 79.9.